The minimum absolute atomic E-state index is 0.0782. The van der Waals surface area contributed by atoms with Crippen molar-refractivity contribution in [3.63, 3.8) is 0 Å². The Labute approximate surface area is 137 Å². The number of aliphatic hydroxyl groups is 1. The fraction of sp³-hybridized carbons (Fsp3) is 0.500. The van der Waals surface area contributed by atoms with Gasteiger partial charge in [0.1, 0.15) is 0 Å². The van der Waals surface area contributed by atoms with Gasteiger partial charge < -0.3 is 15.3 Å². The highest BCUT2D eigenvalue weighted by molar-refractivity contribution is 5.30. The molecule has 124 valence electrons. The second kappa shape index (κ2) is 8.24. The minimum Gasteiger partial charge on any atom is -0.393 e. The van der Waals surface area contributed by atoms with E-state index in [1.165, 1.54) is 5.56 Å². The molecule has 0 spiro atoms. The maximum absolute atomic E-state index is 9.50. The van der Waals surface area contributed by atoms with E-state index >= 15 is 0 Å². The van der Waals surface area contributed by atoms with Crippen LogP contribution in [-0.2, 0) is 6.54 Å². The summed E-state index contributed by atoms with van der Waals surface area (Å²) < 4.78 is 1.91. The van der Waals surface area contributed by atoms with E-state index in [4.69, 9.17) is 0 Å². The van der Waals surface area contributed by atoms with E-state index in [2.05, 4.69) is 33.6 Å². The molecule has 2 heterocycles. The summed E-state index contributed by atoms with van der Waals surface area (Å²) in [5.41, 5.74) is 2.29. The molecule has 0 aliphatic carbocycles. The first-order valence-electron chi connectivity index (χ1n) is 8.51. The zero-order valence-electron chi connectivity index (χ0n) is 13.6. The van der Waals surface area contributed by atoms with E-state index in [-0.39, 0.29) is 6.10 Å². The second-order valence-corrected chi connectivity index (χ2v) is 6.23. The number of aromatic nitrogens is 2. The van der Waals surface area contributed by atoms with Crippen molar-refractivity contribution in [1.29, 1.82) is 0 Å². The van der Waals surface area contributed by atoms with Crippen LogP contribution in [0.4, 0.5) is 0 Å². The Balaban J connectivity index is 1.34. The highest BCUT2D eigenvalue weighted by atomic mass is 16.3. The fourth-order valence-electron chi connectivity index (χ4n) is 2.98. The van der Waals surface area contributed by atoms with Gasteiger partial charge in [-0.25, -0.2) is 4.68 Å². The summed E-state index contributed by atoms with van der Waals surface area (Å²) in [4.78, 5) is 2.45. The number of hydrogen-bond donors (Lipinski definition) is 2. The molecule has 1 aliphatic rings. The van der Waals surface area contributed by atoms with Crippen LogP contribution in [-0.4, -0.2) is 52.1 Å². The summed E-state index contributed by atoms with van der Waals surface area (Å²) in [5.74, 6) is 0. The molecule has 0 unspecified atom stereocenters. The van der Waals surface area contributed by atoms with Gasteiger partial charge in [0.25, 0.3) is 0 Å². The maximum atomic E-state index is 9.50. The van der Waals surface area contributed by atoms with E-state index in [9.17, 15) is 5.11 Å². The van der Waals surface area contributed by atoms with Crippen molar-refractivity contribution >= 4 is 0 Å². The Morgan fingerprint density at radius 3 is 2.74 bits per heavy atom. The summed E-state index contributed by atoms with van der Waals surface area (Å²) in [6.07, 6.45) is 6.91. The van der Waals surface area contributed by atoms with Gasteiger partial charge in [0.2, 0.25) is 0 Å². The second-order valence-electron chi connectivity index (χ2n) is 6.23. The molecule has 1 fully saturated rings. The van der Waals surface area contributed by atoms with Gasteiger partial charge in [-0.15, -0.1) is 0 Å². The number of piperidine rings is 1. The van der Waals surface area contributed by atoms with Crippen LogP contribution >= 0.6 is 0 Å². The number of nitrogens with one attached hydrogen (secondary N) is 1. The van der Waals surface area contributed by atoms with E-state index in [0.717, 1.165) is 57.7 Å². The number of benzene rings is 1. The van der Waals surface area contributed by atoms with Gasteiger partial charge >= 0.3 is 0 Å². The van der Waals surface area contributed by atoms with Crippen molar-refractivity contribution in [2.24, 2.45) is 0 Å². The summed E-state index contributed by atoms with van der Waals surface area (Å²) in [7, 11) is 0. The van der Waals surface area contributed by atoms with Gasteiger partial charge in [-0.3, -0.25) is 0 Å². The third-order valence-electron chi connectivity index (χ3n) is 4.37. The summed E-state index contributed by atoms with van der Waals surface area (Å²) >= 11 is 0. The van der Waals surface area contributed by atoms with E-state index in [1.54, 1.807) is 0 Å². The Hall–Kier alpha value is -1.69. The summed E-state index contributed by atoms with van der Waals surface area (Å²) in [5, 5.41) is 17.4. The van der Waals surface area contributed by atoms with Crippen LogP contribution in [0.2, 0.25) is 0 Å². The third-order valence-corrected chi connectivity index (χ3v) is 4.37. The summed E-state index contributed by atoms with van der Waals surface area (Å²) in [6.45, 7) is 5.04. The van der Waals surface area contributed by atoms with Gasteiger partial charge in [0.15, 0.2) is 0 Å². The van der Waals surface area contributed by atoms with E-state index < -0.39 is 0 Å². The lowest BCUT2D eigenvalue weighted by molar-refractivity contribution is 0.0821. The smallest absolute Gasteiger partial charge is 0.0645 e. The lowest BCUT2D eigenvalue weighted by Gasteiger charge is -2.29. The van der Waals surface area contributed by atoms with Crippen LogP contribution in [0.15, 0.2) is 42.7 Å². The average Bonchev–Trinajstić information content (AvgIpc) is 3.06. The van der Waals surface area contributed by atoms with Gasteiger partial charge in [0.05, 0.1) is 18.0 Å². The zero-order valence-corrected chi connectivity index (χ0v) is 13.6. The Bertz CT molecular complexity index is 576. The van der Waals surface area contributed by atoms with Crippen LogP contribution in [0.5, 0.6) is 0 Å². The van der Waals surface area contributed by atoms with Crippen LogP contribution in [0, 0.1) is 0 Å². The standard InChI is InChI=1S/C18H26N4O/c23-18-7-11-21(12-8-18)10-4-9-19-13-16-14-20-22(15-16)17-5-2-1-3-6-17/h1-3,5-6,14-15,18-19,23H,4,7-13H2. The van der Waals surface area contributed by atoms with Crippen molar-refractivity contribution in [2.75, 3.05) is 26.2 Å². The third kappa shape index (κ3) is 4.89. The lowest BCUT2D eigenvalue weighted by atomic mass is 10.1. The zero-order chi connectivity index (χ0) is 15.9. The molecule has 1 aromatic carbocycles. The molecule has 0 atom stereocenters. The van der Waals surface area contributed by atoms with Crippen LogP contribution in [0.25, 0.3) is 5.69 Å². The number of hydrogen-bond acceptors (Lipinski definition) is 4. The normalized spacial score (nSPS) is 16.7. The molecule has 5 nitrogen and oxygen atoms in total. The van der Waals surface area contributed by atoms with E-state index in [1.807, 2.05) is 29.1 Å². The highest BCUT2D eigenvalue weighted by Crippen LogP contribution is 2.10. The van der Waals surface area contributed by atoms with Crippen molar-refractivity contribution in [2.45, 2.75) is 31.9 Å². The number of aliphatic hydroxyl groups excluding tert-OH is 1. The molecule has 3 rings (SSSR count). The van der Waals surface area contributed by atoms with Crippen molar-refractivity contribution in [3.8, 4) is 5.69 Å². The number of rotatable bonds is 7. The highest BCUT2D eigenvalue weighted by Gasteiger charge is 2.15. The number of likely N-dealkylation sites (tertiary alicyclic amines) is 1. The first-order chi connectivity index (χ1) is 11.3. The Morgan fingerprint density at radius 1 is 1.17 bits per heavy atom. The minimum atomic E-state index is -0.0782. The molecular weight excluding hydrogens is 288 g/mol. The van der Waals surface area contributed by atoms with Gasteiger partial charge in [0, 0.05) is 31.4 Å². The van der Waals surface area contributed by atoms with Crippen LogP contribution < -0.4 is 5.32 Å². The maximum Gasteiger partial charge on any atom is 0.0645 e. The molecule has 1 aromatic heterocycles. The van der Waals surface area contributed by atoms with Crippen molar-refractivity contribution < 1.29 is 5.11 Å². The van der Waals surface area contributed by atoms with Crippen molar-refractivity contribution in [3.05, 3.63) is 48.3 Å². The molecular formula is C18H26N4O. The van der Waals surface area contributed by atoms with Gasteiger partial charge in [-0.2, -0.15) is 5.10 Å². The predicted octanol–water partition coefficient (Wildman–Crippen LogP) is 1.81. The monoisotopic (exact) mass is 314 g/mol. The molecule has 0 amide bonds. The predicted molar refractivity (Wildman–Crippen MR) is 91.6 cm³/mol. The molecule has 23 heavy (non-hydrogen) atoms. The molecule has 0 bridgehead atoms. The Morgan fingerprint density at radius 2 is 1.96 bits per heavy atom. The quantitative estimate of drug-likeness (QED) is 0.765. The largest absolute Gasteiger partial charge is 0.393 e. The summed E-state index contributed by atoms with van der Waals surface area (Å²) in [6, 6.07) is 10.2. The van der Waals surface area contributed by atoms with Crippen LogP contribution in [0.3, 0.4) is 0 Å². The molecule has 1 aliphatic heterocycles. The average molecular weight is 314 g/mol. The Kier molecular flexibility index (Phi) is 5.80. The van der Waals surface area contributed by atoms with Gasteiger partial charge in [-0.1, -0.05) is 18.2 Å². The van der Waals surface area contributed by atoms with Crippen molar-refractivity contribution in [1.82, 2.24) is 20.0 Å². The molecule has 0 radical (unpaired) electrons. The first kappa shape index (κ1) is 16.2. The first-order valence-corrected chi connectivity index (χ1v) is 8.51. The van der Waals surface area contributed by atoms with Gasteiger partial charge in [-0.05, 0) is 44.5 Å². The molecule has 1 saturated heterocycles. The fourth-order valence-corrected chi connectivity index (χ4v) is 2.98. The molecule has 5 heteroatoms. The topological polar surface area (TPSA) is 53.3 Å². The van der Waals surface area contributed by atoms with E-state index in [0.29, 0.717) is 0 Å². The SMILES string of the molecule is OC1CCN(CCCNCc2cnn(-c3ccccc3)c2)CC1. The number of nitrogens with zero attached hydrogens (tertiary/aromatic N) is 3. The number of para-hydroxylation sites is 1. The molecule has 2 aromatic rings. The molecule has 2 N–H and O–H groups in total. The van der Waals surface area contributed by atoms with Crippen LogP contribution in [0.1, 0.15) is 24.8 Å². The molecule has 0 saturated carbocycles. The lowest BCUT2D eigenvalue weighted by Crippen LogP contribution is -2.37.